The van der Waals surface area contributed by atoms with Crippen LogP contribution >= 0.6 is 0 Å². The first-order valence-corrected chi connectivity index (χ1v) is 8.00. The second-order valence-electron chi connectivity index (χ2n) is 6.34. The Morgan fingerprint density at radius 1 is 1.23 bits per heavy atom. The minimum Gasteiger partial charge on any atom is -0.481 e. The summed E-state index contributed by atoms with van der Waals surface area (Å²) in [6, 6.07) is 7.88. The van der Waals surface area contributed by atoms with Crippen LogP contribution in [0, 0.1) is 11.8 Å². The lowest BCUT2D eigenvalue weighted by Gasteiger charge is -2.30. The number of benzene rings is 1. The van der Waals surface area contributed by atoms with Crippen molar-refractivity contribution in [3.8, 4) is 0 Å². The molecule has 1 fully saturated rings. The molecule has 1 aliphatic heterocycles. The highest BCUT2D eigenvalue weighted by atomic mass is 16.4. The van der Waals surface area contributed by atoms with Gasteiger partial charge in [-0.3, -0.25) is 4.79 Å². The van der Waals surface area contributed by atoms with Crippen molar-refractivity contribution in [3.63, 3.8) is 0 Å². The molecule has 2 aliphatic rings. The predicted octanol–water partition coefficient (Wildman–Crippen LogP) is 2.97. The quantitative estimate of drug-likeness (QED) is 0.902. The van der Waals surface area contributed by atoms with Crippen LogP contribution in [0.25, 0.3) is 0 Å². The molecule has 118 valence electrons. The van der Waals surface area contributed by atoms with Gasteiger partial charge in [0, 0.05) is 18.8 Å². The monoisotopic (exact) mass is 302 g/mol. The van der Waals surface area contributed by atoms with Crippen LogP contribution in [0.4, 0.5) is 10.5 Å². The van der Waals surface area contributed by atoms with E-state index in [4.69, 9.17) is 5.11 Å². The fraction of sp³-hybridized carbons (Fsp3) is 0.529. The summed E-state index contributed by atoms with van der Waals surface area (Å²) in [5, 5.41) is 12.0. The molecule has 0 atom stereocenters. The molecule has 5 heteroatoms. The molecule has 3 rings (SSSR count). The van der Waals surface area contributed by atoms with Gasteiger partial charge in [0.2, 0.25) is 0 Å². The van der Waals surface area contributed by atoms with Crippen molar-refractivity contribution in [2.75, 3.05) is 18.4 Å². The van der Waals surface area contributed by atoms with Gasteiger partial charge in [0.15, 0.2) is 0 Å². The molecule has 1 aromatic carbocycles. The zero-order chi connectivity index (χ0) is 15.5. The van der Waals surface area contributed by atoms with E-state index in [0.717, 1.165) is 50.9 Å². The zero-order valence-corrected chi connectivity index (χ0v) is 12.6. The average molecular weight is 302 g/mol. The number of hydrogen-bond acceptors (Lipinski definition) is 2. The molecule has 0 unspecified atom stereocenters. The Kier molecular flexibility index (Phi) is 4.32. The van der Waals surface area contributed by atoms with Crippen molar-refractivity contribution in [1.82, 2.24) is 4.90 Å². The van der Waals surface area contributed by atoms with Crippen molar-refractivity contribution >= 4 is 17.7 Å². The Balaban J connectivity index is 1.58. The van der Waals surface area contributed by atoms with Crippen LogP contribution in [0.3, 0.4) is 0 Å². The van der Waals surface area contributed by atoms with Crippen LogP contribution in [-0.2, 0) is 11.2 Å². The molecule has 1 heterocycles. The van der Waals surface area contributed by atoms with Gasteiger partial charge >= 0.3 is 12.0 Å². The second-order valence-corrected chi connectivity index (χ2v) is 6.34. The summed E-state index contributed by atoms with van der Waals surface area (Å²) in [4.78, 5) is 25.2. The Morgan fingerprint density at radius 2 is 1.95 bits per heavy atom. The van der Waals surface area contributed by atoms with Gasteiger partial charge in [0.05, 0.1) is 5.92 Å². The molecule has 0 radical (unpaired) electrons. The first-order valence-electron chi connectivity index (χ1n) is 8.00. The number of anilines is 1. The number of carboxylic acids is 1. The Labute approximate surface area is 130 Å². The van der Waals surface area contributed by atoms with Crippen molar-refractivity contribution in [2.45, 2.75) is 32.1 Å². The summed E-state index contributed by atoms with van der Waals surface area (Å²) in [6.45, 7) is 1.45. The predicted molar refractivity (Wildman–Crippen MR) is 83.8 cm³/mol. The lowest BCUT2D eigenvalue weighted by molar-refractivity contribution is -0.143. The minimum absolute atomic E-state index is 0.0368. The molecule has 1 aromatic rings. The maximum atomic E-state index is 12.3. The maximum Gasteiger partial charge on any atom is 0.321 e. The first-order chi connectivity index (χ1) is 10.6. The van der Waals surface area contributed by atoms with Gasteiger partial charge in [-0.2, -0.15) is 0 Å². The van der Waals surface area contributed by atoms with Gasteiger partial charge < -0.3 is 15.3 Å². The number of rotatable bonds is 3. The minimum atomic E-state index is -0.679. The van der Waals surface area contributed by atoms with Crippen LogP contribution in [0.5, 0.6) is 0 Å². The second kappa shape index (κ2) is 6.38. The fourth-order valence-corrected chi connectivity index (χ4v) is 3.49. The van der Waals surface area contributed by atoms with Crippen LogP contribution in [-0.4, -0.2) is 35.1 Å². The van der Waals surface area contributed by atoms with E-state index in [9.17, 15) is 9.59 Å². The highest BCUT2D eigenvalue weighted by Crippen LogP contribution is 2.30. The number of urea groups is 1. The van der Waals surface area contributed by atoms with Crippen molar-refractivity contribution in [2.24, 2.45) is 11.8 Å². The maximum absolute atomic E-state index is 12.3. The standard InChI is InChI=1S/C17H22N2O3/c20-16(21)14-7-5-12(6-8-14)11-19-10-9-13-3-1-2-4-15(13)18-17(19)22/h1-4,12,14H,5-11H2,(H,18,22)(H,20,21)/t12-,14-. The van der Waals surface area contributed by atoms with Gasteiger partial charge in [0.1, 0.15) is 0 Å². The number of nitrogens with zero attached hydrogens (tertiary/aromatic N) is 1. The summed E-state index contributed by atoms with van der Waals surface area (Å²) < 4.78 is 0. The third-order valence-electron chi connectivity index (χ3n) is 4.87. The molecule has 2 N–H and O–H groups in total. The summed E-state index contributed by atoms with van der Waals surface area (Å²) in [5.41, 5.74) is 2.08. The third kappa shape index (κ3) is 3.24. The first kappa shape index (κ1) is 14.9. The van der Waals surface area contributed by atoms with Crippen molar-refractivity contribution in [3.05, 3.63) is 29.8 Å². The number of aliphatic carboxylic acids is 1. The summed E-state index contributed by atoms with van der Waals surface area (Å²) in [5.74, 6) is -0.456. The highest BCUT2D eigenvalue weighted by molar-refractivity contribution is 5.91. The highest BCUT2D eigenvalue weighted by Gasteiger charge is 2.29. The van der Waals surface area contributed by atoms with E-state index < -0.39 is 5.97 Å². The van der Waals surface area contributed by atoms with E-state index in [-0.39, 0.29) is 11.9 Å². The molecule has 0 saturated heterocycles. The van der Waals surface area contributed by atoms with E-state index in [1.165, 1.54) is 5.56 Å². The smallest absolute Gasteiger partial charge is 0.321 e. The lowest BCUT2D eigenvalue weighted by atomic mass is 9.82. The topological polar surface area (TPSA) is 69.6 Å². The molecule has 22 heavy (non-hydrogen) atoms. The number of nitrogens with one attached hydrogen (secondary N) is 1. The molecule has 0 aromatic heterocycles. The Morgan fingerprint density at radius 3 is 2.68 bits per heavy atom. The number of para-hydroxylation sites is 1. The van der Waals surface area contributed by atoms with Crippen LogP contribution in [0.1, 0.15) is 31.2 Å². The average Bonchev–Trinajstić information content (AvgIpc) is 2.67. The van der Waals surface area contributed by atoms with E-state index in [2.05, 4.69) is 11.4 Å². The van der Waals surface area contributed by atoms with Gasteiger partial charge in [0.25, 0.3) is 0 Å². The molecular formula is C17H22N2O3. The molecule has 0 bridgehead atoms. The normalized spacial score (nSPS) is 25.1. The van der Waals surface area contributed by atoms with Gasteiger partial charge in [-0.25, -0.2) is 4.79 Å². The molecule has 0 spiro atoms. The number of carbonyl (C=O) groups is 2. The zero-order valence-electron chi connectivity index (χ0n) is 12.6. The van der Waals surface area contributed by atoms with E-state index in [1.54, 1.807) is 0 Å². The van der Waals surface area contributed by atoms with Crippen LogP contribution in [0.2, 0.25) is 0 Å². The van der Waals surface area contributed by atoms with Gasteiger partial charge in [-0.1, -0.05) is 18.2 Å². The van der Waals surface area contributed by atoms with Gasteiger partial charge in [-0.05, 0) is 49.7 Å². The van der Waals surface area contributed by atoms with Crippen molar-refractivity contribution < 1.29 is 14.7 Å². The van der Waals surface area contributed by atoms with E-state index >= 15 is 0 Å². The van der Waals surface area contributed by atoms with E-state index in [0.29, 0.717) is 5.92 Å². The molecular weight excluding hydrogens is 280 g/mol. The molecule has 1 aliphatic carbocycles. The molecule has 5 nitrogen and oxygen atoms in total. The molecule has 1 saturated carbocycles. The fourth-order valence-electron chi connectivity index (χ4n) is 3.49. The molecule has 2 amide bonds. The number of hydrogen-bond donors (Lipinski definition) is 2. The third-order valence-corrected chi connectivity index (χ3v) is 4.87. The largest absolute Gasteiger partial charge is 0.481 e. The lowest BCUT2D eigenvalue weighted by Crippen LogP contribution is -2.39. The van der Waals surface area contributed by atoms with Crippen LogP contribution in [0.15, 0.2) is 24.3 Å². The van der Waals surface area contributed by atoms with Gasteiger partial charge in [-0.15, -0.1) is 0 Å². The summed E-state index contributed by atoms with van der Waals surface area (Å²) >= 11 is 0. The number of carbonyl (C=O) groups excluding carboxylic acids is 1. The summed E-state index contributed by atoms with van der Waals surface area (Å²) in [6.07, 6.45) is 4.12. The van der Waals surface area contributed by atoms with Crippen molar-refractivity contribution in [1.29, 1.82) is 0 Å². The van der Waals surface area contributed by atoms with E-state index in [1.807, 2.05) is 23.1 Å². The Bertz CT molecular complexity index is 565. The number of carboxylic acid groups (broad SMARTS) is 1. The number of fused-ring (bicyclic) bond motifs is 1. The summed E-state index contributed by atoms with van der Waals surface area (Å²) in [7, 11) is 0. The number of amides is 2. The SMILES string of the molecule is O=C1Nc2ccccc2CCN1C[C@H]1CC[C@H](C(=O)O)CC1. The van der Waals surface area contributed by atoms with Crippen LogP contribution < -0.4 is 5.32 Å². The Hall–Kier alpha value is -2.04.